The van der Waals surface area contributed by atoms with Gasteiger partial charge in [-0.15, -0.1) is 0 Å². The molecule has 0 aromatic carbocycles. The molecule has 2 unspecified atom stereocenters. The number of hydrogen-bond acceptors (Lipinski definition) is 4. The van der Waals surface area contributed by atoms with Crippen molar-refractivity contribution in [1.82, 2.24) is 0 Å². The fraction of sp³-hybridized carbons (Fsp3) is 0.667. The monoisotopic (exact) mass is 268 g/mol. The van der Waals surface area contributed by atoms with Gasteiger partial charge in [-0.25, -0.2) is 9.59 Å². The molecule has 0 heterocycles. The SMILES string of the molecule is CC(O)C(=O)OC(C)C(=O)O.[CaH2].[Zn]. The number of carboxylic acid groups (broad SMARTS) is 1. The average molecular weight is 270 g/mol. The summed E-state index contributed by atoms with van der Waals surface area (Å²) in [6, 6.07) is 0. The Kier molecular flexibility index (Phi) is 13.9. The zero-order valence-corrected chi connectivity index (χ0v) is 9.95. The number of esters is 1. The van der Waals surface area contributed by atoms with Gasteiger partial charge in [0, 0.05) is 19.5 Å². The quantitative estimate of drug-likeness (QED) is 0.479. The van der Waals surface area contributed by atoms with E-state index < -0.39 is 24.1 Å². The van der Waals surface area contributed by atoms with E-state index in [4.69, 9.17) is 10.2 Å². The minimum atomic E-state index is -1.28. The number of carbonyl (C=O) groups excluding carboxylic acids is 1. The van der Waals surface area contributed by atoms with Crippen LogP contribution in [0.4, 0.5) is 0 Å². The Balaban J connectivity index is -0.000000500. The molecule has 0 saturated heterocycles. The largest absolute Gasteiger partial charge is 0 e. The molecular weight excluding hydrogens is 258 g/mol. The summed E-state index contributed by atoms with van der Waals surface area (Å²) in [5.74, 6) is -2.17. The minimum absolute atomic E-state index is 0. The average Bonchev–Trinajstić information content (AvgIpc) is 1.87. The maximum atomic E-state index is 10.5. The van der Waals surface area contributed by atoms with E-state index in [0.29, 0.717) is 0 Å². The molecule has 2 N–H and O–H groups in total. The Morgan fingerprint density at radius 3 is 1.92 bits per heavy atom. The maximum absolute atomic E-state index is 10.5. The van der Waals surface area contributed by atoms with E-state index >= 15 is 0 Å². The molecule has 0 rings (SSSR count). The number of ether oxygens (including phenoxy) is 1. The fourth-order valence-electron chi connectivity index (χ4n) is 0.323. The zero-order valence-electron chi connectivity index (χ0n) is 6.98. The number of carboxylic acids is 1. The van der Waals surface area contributed by atoms with Crippen molar-refractivity contribution < 1.29 is 44.0 Å². The van der Waals surface area contributed by atoms with Crippen LogP contribution in [0.25, 0.3) is 0 Å². The first kappa shape index (κ1) is 19.4. The van der Waals surface area contributed by atoms with Crippen molar-refractivity contribution in [2.75, 3.05) is 0 Å². The molecule has 13 heavy (non-hydrogen) atoms. The summed E-state index contributed by atoms with van der Waals surface area (Å²) >= 11 is 0. The summed E-state index contributed by atoms with van der Waals surface area (Å²) in [6.45, 7) is 2.42. The third kappa shape index (κ3) is 9.10. The molecule has 0 aliphatic rings. The van der Waals surface area contributed by atoms with Gasteiger partial charge in [-0.05, 0) is 13.8 Å². The minimum Gasteiger partial charge on any atom is 0 e. The molecule has 7 heteroatoms. The smallest absolute Gasteiger partial charge is 0 e. The van der Waals surface area contributed by atoms with Gasteiger partial charge in [-0.1, -0.05) is 0 Å². The summed E-state index contributed by atoms with van der Waals surface area (Å²) in [7, 11) is 0. The normalized spacial score (nSPS) is 12.8. The second-order valence-corrected chi connectivity index (χ2v) is 2.09. The van der Waals surface area contributed by atoms with Crippen molar-refractivity contribution >= 4 is 49.7 Å². The van der Waals surface area contributed by atoms with Gasteiger partial charge in [0.25, 0.3) is 0 Å². The van der Waals surface area contributed by atoms with Crippen molar-refractivity contribution in [1.29, 1.82) is 0 Å². The molecule has 0 aliphatic heterocycles. The number of carbonyl (C=O) groups is 2. The third-order valence-electron chi connectivity index (χ3n) is 0.982. The summed E-state index contributed by atoms with van der Waals surface area (Å²) in [5.41, 5.74) is 0. The zero-order chi connectivity index (χ0) is 9.02. The first-order chi connectivity index (χ1) is 4.95. The van der Waals surface area contributed by atoms with Crippen LogP contribution in [0.3, 0.4) is 0 Å². The molecule has 70 valence electrons. The molecule has 0 spiro atoms. The Labute approximate surface area is 119 Å². The van der Waals surface area contributed by atoms with E-state index in [0.717, 1.165) is 0 Å². The summed E-state index contributed by atoms with van der Waals surface area (Å²) in [5, 5.41) is 16.8. The number of hydrogen-bond donors (Lipinski definition) is 2. The van der Waals surface area contributed by atoms with E-state index in [9.17, 15) is 9.59 Å². The van der Waals surface area contributed by atoms with Crippen molar-refractivity contribution in [3.8, 4) is 0 Å². The van der Waals surface area contributed by atoms with Gasteiger partial charge in [-0.3, -0.25) is 0 Å². The third-order valence-corrected chi connectivity index (χ3v) is 0.982. The van der Waals surface area contributed by atoms with Crippen molar-refractivity contribution in [2.45, 2.75) is 26.1 Å². The first-order valence-electron chi connectivity index (χ1n) is 3.06. The van der Waals surface area contributed by atoms with Gasteiger partial charge in [0.2, 0.25) is 0 Å². The molecule has 0 aromatic rings. The second kappa shape index (κ2) is 9.34. The topological polar surface area (TPSA) is 83.8 Å². The Morgan fingerprint density at radius 1 is 1.31 bits per heavy atom. The summed E-state index contributed by atoms with van der Waals surface area (Å²) < 4.78 is 4.28. The number of rotatable bonds is 3. The molecule has 0 bridgehead atoms. The molecule has 0 aliphatic carbocycles. The van der Waals surface area contributed by atoms with Gasteiger partial charge in [-0.2, -0.15) is 0 Å². The van der Waals surface area contributed by atoms with Crippen LogP contribution in [0, 0.1) is 0 Å². The molecule has 2 atom stereocenters. The van der Waals surface area contributed by atoms with E-state index in [-0.39, 0.29) is 57.2 Å². The second-order valence-electron chi connectivity index (χ2n) is 2.09. The molecule has 0 saturated carbocycles. The van der Waals surface area contributed by atoms with Gasteiger partial charge in [0.1, 0.15) is 6.10 Å². The molecule has 0 aromatic heterocycles. The van der Waals surface area contributed by atoms with Gasteiger partial charge in [0.05, 0.1) is 0 Å². The van der Waals surface area contributed by atoms with Crippen molar-refractivity contribution in [3.63, 3.8) is 0 Å². The van der Waals surface area contributed by atoms with Gasteiger partial charge in [0.15, 0.2) is 6.10 Å². The van der Waals surface area contributed by atoms with Gasteiger partial charge >= 0.3 is 49.7 Å². The van der Waals surface area contributed by atoms with Crippen LogP contribution in [-0.2, 0) is 33.8 Å². The Hall–Kier alpha value is 0.783. The molecular formula is C6H12CaO5Zn. The van der Waals surface area contributed by atoms with Crippen molar-refractivity contribution in [2.24, 2.45) is 0 Å². The van der Waals surface area contributed by atoms with Crippen LogP contribution in [0.2, 0.25) is 0 Å². The molecule has 5 nitrogen and oxygen atoms in total. The molecule has 0 fully saturated rings. The van der Waals surface area contributed by atoms with Crippen LogP contribution in [0.1, 0.15) is 13.8 Å². The van der Waals surface area contributed by atoms with E-state index in [1.54, 1.807) is 0 Å². The first-order valence-corrected chi connectivity index (χ1v) is 3.06. The molecule has 0 amide bonds. The van der Waals surface area contributed by atoms with Gasteiger partial charge < -0.3 is 14.9 Å². The predicted octanol–water partition coefficient (Wildman–Crippen LogP) is -1.54. The predicted molar refractivity (Wildman–Crippen MR) is 43.4 cm³/mol. The van der Waals surface area contributed by atoms with Crippen LogP contribution in [0.5, 0.6) is 0 Å². The maximum Gasteiger partial charge on any atom is 0 e. The van der Waals surface area contributed by atoms with E-state index in [1.165, 1.54) is 13.8 Å². The number of aliphatic carboxylic acids is 1. The van der Waals surface area contributed by atoms with Crippen molar-refractivity contribution in [3.05, 3.63) is 0 Å². The summed E-state index contributed by atoms with van der Waals surface area (Å²) in [4.78, 5) is 20.6. The Morgan fingerprint density at radius 2 is 1.69 bits per heavy atom. The van der Waals surface area contributed by atoms with Crippen LogP contribution in [0.15, 0.2) is 0 Å². The number of aliphatic hydroxyl groups is 1. The number of aliphatic hydroxyl groups excluding tert-OH is 1. The van der Waals surface area contributed by atoms with Crippen LogP contribution >= 0.6 is 0 Å². The van der Waals surface area contributed by atoms with E-state index in [1.807, 2.05) is 0 Å². The van der Waals surface area contributed by atoms with E-state index in [2.05, 4.69) is 4.74 Å². The standard InChI is InChI=1S/C6H10O5.Ca.Zn.2H/c1-3(7)6(10)11-4(2)5(8)9;;;;/h3-4,7H,1-2H3,(H,8,9);;;;. The Bertz CT molecular complexity index is 172. The summed E-state index contributed by atoms with van der Waals surface area (Å²) in [6.07, 6.45) is -2.49. The molecule has 0 radical (unpaired) electrons. The van der Waals surface area contributed by atoms with Crippen LogP contribution in [-0.4, -0.2) is 72.1 Å². The van der Waals surface area contributed by atoms with Crippen LogP contribution < -0.4 is 0 Å². The fourth-order valence-corrected chi connectivity index (χ4v) is 0.323.